The zero-order chi connectivity index (χ0) is 20.5. The van der Waals surface area contributed by atoms with E-state index in [-0.39, 0.29) is 23.1 Å². The first kappa shape index (κ1) is 18.9. The molecule has 2 aromatic heterocycles. The molecule has 1 saturated heterocycles. The molecule has 148 valence electrons. The van der Waals surface area contributed by atoms with Crippen LogP contribution in [0.2, 0.25) is 0 Å². The molecular weight excluding hydrogens is 366 g/mol. The molecule has 3 aromatic rings. The molecule has 1 aromatic carbocycles. The van der Waals surface area contributed by atoms with E-state index in [2.05, 4.69) is 15.0 Å². The van der Waals surface area contributed by atoms with Crippen LogP contribution in [-0.4, -0.2) is 32.3 Å². The van der Waals surface area contributed by atoms with Crippen molar-refractivity contribution in [3.63, 3.8) is 0 Å². The number of rotatable bonds is 4. The summed E-state index contributed by atoms with van der Waals surface area (Å²) in [5.74, 6) is 0.900. The van der Waals surface area contributed by atoms with Gasteiger partial charge < -0.3 is 14.9 Å². The van der Waals surface area contributed by atoms with Crippen LogP contribution in [0.1, 0.15) is 53.5 Å². The number of imidazole rings is 1. The number of aromatic amines is 2. The number of benzene rings is 1. The number of carbonyl (C=O) groups excluding carboxylic acids is 1. The van der Waals surface area contributed by atoms with Crippen molar-refractivity contribution in [1.82, 2.24) is 19.9 Å². The zero-order valence-corrected chi connectivity index (χ0v) is 16.6. The van der Waals surface area contributed by atoms with Gasteiger partial charge in [-0.25, -0.2) is 4.98 Å². The molecular formula is C22H23N5O2. The highest BCUT2D eigenvalue weighted by Gasteiger charge is 2.32. The molecule has 0 saturated carbocycles. The average Bonchev–Trinajstić information content (AvgIpc) is 3.34. The number of para-hydroxylation sites is 2. The Morgan fingerprint density at radius 1 is 1.31 bits per heavy atom. The number of amides is 1. The van der Waals surface area contributed by atoms with E-state index in [9.17, 15) is 14.9 Å². The van der Waals surface area contributed by atoms with E-state index in [1.807, 2.05) is 42.2 Å². The van der Waals surface area contributed by atoms with Crippen LogP contribution in [0.3, 0.4) is 0 Å². The molecule has 7 nitrogen and oxygen atoms in total. The number of nitrogens with one attached hydrogen (secondary N) is 2. The third-order valence-electron chi connectivity index (χ3n) is 5.81. The van der Waals surface area contributed by atoms with Crippen molar-refractivity contribution in [1.29, 1.82) is 5.26 Å². The van der Waals surface area contributed by atoms with E-state index < -0.39 is 0 Å². The Hall–Kier alpha value is -3.40. The Bertz CT molecular complexity index is 1150. The Balaban J connectivity index is 1.53. The van der Waals surface area contributed by atoms with Gasteiger partial charge in [-0.15, -0.1) is 0 Å². The molecule has 0 spiro atoms. The first-order chi connectivity index (χ1) is 14.0. The van der Waals surface area contributed by atoms with Gasteiger partial charge in [-0.2, -0.15) is 5.26 Å². The molecule has 0 unspecified atom stereocenters. The van der Waals surface area contributed by atoms with Crippen molar-refractivity contribution in [3.8, 4) is 6.07 Å². The van der Waals surface area contributed by atoms with Crippen LogP contribution in [0, 0.1) is 25.2 Å². The predicted molar refractivity (Wildman–Crippen MR) is 109 cm³/mol. The minimum Gasteiger partial charge on any atom is -0.340 e. The smallest absolute Gasteiger partial charge is 0.266 e. The number of nitrogens with zero attached hydrogens (tertiary/aromatic N) is 3. The van der Waals surface area contributed by atoms with Gasteiger partial charge in [-0.05, 0) is 56.4 Å². The third kappa shape index (κ3) is 3.42. The van der Waals surface area contributed by atoms with Crippen molar-refractivity contribution in [2.24, 2.45) is 0 Å². The maximum atomic E-state index is 13.0. The number of hydrogen-bond acceptors (Lipinski definition) is 4. The van der Waals surface area contributed by atoms with Gasteiger partial charge in [0.05, 0.1) is 17.1 Å². The molecule has 1 aliphatic rings. The van der Waals surface area contributed by atoms with Crippen LogP contribution < -0.4 is 5.56 Å². The summed E-state index contributed by atoms with van der Waals surface area (Å²) in [5.41, 5.74) is 3.89. The molecule has 1 amide bonds. The molecule has 2 N–H and O–H groups in total. The fourth-order valence-electron chi connectivity index (χ4n) is 4.28. The summed E-state index contributed by atoms with van der Waals surface area (Å²) in [7, 11) is 0. The van der Waals surface area contributed by atoms with Crippen LogP contribution in [0.5, 0.6) is 0 Å². The Morgan fingerprint density at radius 2 is 2.10 bits per heavy atom. The van der Waals surface area contributed by atoms with E-state index >= 15 is 0 Å². The second kappa shape index (κ2) is 7.55. The number of carbonyl (C=O) groups is 1. The lowest BCUT2D eigenvalue weighted by molar-refractivity contribution is -0.132. The van der Waals surface area contributed by atoms with Crippen LogP contribution in [0.25, 0.3) is 11.0 Å². The number of aromatic nitrogens is 3. The molecule has 0 aliphatic carbocycles. The predicted octanol–water partition coefficient (Wildman–Crippen LogP) is 3.04. The van der Waals surface area contributed by atoms with Gasteiger partial charge in [0, 0.05) is 18.7 Å². The van der Waals surface area contributed by atoms with Gasteiger partial charge in [-0.3, -0.25) is 9.59 Å². The van der Waals surface area contributed by atoms with Crippen molar-refractivity contribution < 1.29 is 4.79 Å². The van der Waals surface area contributed by atoms with Crippen molar-refractivity contribution in [3.05, 3.63) is 62.8 Å². The molecule has 4 rings (SSSR count). The number of hydrogen-bond donors (Lipinski definition) is 2. The maximum Gasteiger partial charge on any atom is 0.266 e. The highest BCUT2D eigenvalue weighted by Crippen LogP contribution is 2.32. The second-order valence-electron chi connectivity index (χ2n) is 7.55. The SMILES string of the molecule is Cc1[nH]c(=O)c(C#N)c(C)c1CCC(=O)N1CCC[C@@H]1c1nc2ccccc2[nH]1. The fraction of sp³-hybridized carbons (Fsp3) is 0.364. The highest BCUT2D eigenvalue weighted by molar-refractivity contribution is 5.78. The van der Waals surface area contributed by atoms with Gasteiger partial charge in [0.25, 0.3) is 5.56 Å². The number of H-pyrrole nitrogens is 2. The number of aryl methyl sites for hydroxylation is 1. The van der Waals surface area contributed by atoms with Gasteiger partial charge in [0.2, 0.25) is 5.91 Å². The van der Waals surface area contributed by atoms with Crippen LogP contribution in [0.15, 0.2) is 29.1 Å². The standard InChI is InChI=1S/C22H23N5O2/c1-13-15(14(2)24-22(29)16(13)12-23)9-10-20(28)27-11-5-8-19(27)21-25-17-6-3-4-7-18(17)26-21/h3-4,6-7,19H,5,8-11H2,1-2H3,(H,24,29)(H,25,26)/t19-/m1/s1. The van der Waals surface area contributed by atoms with Gasteiger partial charge in [-0.1, -0.05) is 12.1 Å². The summed E-state index contributed by atoms with van der Waals surface area (Å²) in [6, 6.07) is 9.79. The third-order valence-corrected chi connectivity index (χ3v) is 5.81. The quantitative estimate of drug-likeness (QED) is 0.715. The minimum atomic E-state index is -0.373. The van der Waals surface area contributed by atoms with Crippen molar-refractivity contribution in [2.45, 2.75) is 45.6 Å². The number of likely N-dealkylation sites (tertiary alicyclic amines) is 1. The fourth-order valence-corrected chi connectivity index (χ4v) is 4.28. The molecule has 1 atom stereocenters. The van der Waals surface area contributed by atoms with E-state index in [0.717, 1.165) is 41.0 Å². The van der Waals surface area contributed by atoms with E-state index in [0.29, 0.717) is 24.9 Å². The van der Waals surface area contributed by atoms with Gasteiger partial charge in [0.15, 0.2) is 0 Å². The van der Waals surface area contributed by atoms with E-state index in [4.69, 9.17) is 0 Å². The molecule has 7 heteroatoms. The first-order valence-electron chi connectivity index (χ1n) is 9.86. The summed E-state index contributed by atoms with van der Waals surface area (Å²) >= 11 is 0. The first-order valence-corrected chi connectivity index (χ1v) is 9.86. The maximum absolute atomic E-state index is 13.0. The lowest BCUT2D eigenvalue weighted by Gasteiger charge is -2.23. The Morgan fingerprint density at radius 3 is 2.86 bits per heavy atom. The van der Waals surface area contributed by atoms with Crippen molar-refractivity contribution >= 4 is 16.9 Å². The highest BCUT2D eigenvalue weighted by atomic mass is 16.2. The minimum absolute atomic E-state index is 0.0395. The monoisotopic (exact) mass is 389 g/mol. The van der Waals surface area contributed by atoms with Crippen LogP contribution in [0.4, 0.5) is 0 Å². The summed E-state index contributed by atoms with van der Waals surface area (Å²) in [5, 5.41) is 9.23. The summed E-state index contributed by atoms with van der Waals surface area (Å²) in [6.45, 7) is 4.30. The summed E-state index contributed by atoms with van der Waals surface area (Å²) in [4.78, 5) is 37.6. The van der Waals surface area contributed by atoms with Crippen LogP contribution >= 0.6 is 0 Å². The zero-order valence-electron chi connectivity index (χ0n) is 16.6. The van der Waals surface area contributed by atoms with E-state index in [1.165, 1.54) is 0 Å². The summed E-state index contributed by atoms with van der Waals surface area (Å²) in [6.07, 6.45) is 2.66. The van der Waals surface area contributed by atoms with E-state index in [1.54, 1.807) is 6.92 Å². The van der Waals surface area contributed by atoms with Crippen molar-refractivity contribution in [2.75, 3.05) is 6.54 Å². The second-order valence-corrected chi connectivity index (χ2v) is 7.55. The molecule has 1 aliphatic heterocycles. The average molecular weight is 389 g/mol. The van der Waals surface area contributed by atoms with Crippen LogP contribution in [-0.2, 0) is 11.2 Å². The number of pyridine rings is 1. The summed E-state index contributed by atoms with van der Waals surface area (Å²) < 4.78 is 0. The lowest BCUT2D eigenvalue weighted by Crippen LogP contribution is -2.31. The normalized spacial score (nSPS) is 16.3. The van der Waals surface area contributed by atoms with Gasteiger partial charge in [0.1, 0.15) is 17.5 Å². The largest absolute Gasteiger partial charge is 0.340 e. The number of fused-ring (bicyclic) bond motifs is 1. The lowest BCUT2D eigenvalue weighted by atomic mass is 9.99. The molecule has 0 bridgehead atoms. The Kier molecular flexibility index (Phi) is 4.93. The molecule has 3 heterocycles. The van der Waals surface area contributed by atoms with Gasteiger partial charge >= 0.3 is 0 Å². The molecule has 29 heavy (non-hydrogen) atoms. The Labute approximate surface area is 168 Å². The number of nitriles is 1. The molecule has 0 radical (unpaired) electrons. The molecule has 1 fully saturated rings. The topological polar surface area (TPSA) is 106 Å².